The van der Waals surface area contributed by atoms with Crippen LogP contribution >= 0.6 is 0 Å². The molecule has 1 amide bonds. The van der Waals surface area contributed by atoms with Crippen LogP contribution < -0.4 is 0 Å². The number of aliphatic carboxylic acids is 1. The van der Waals surface area contributed by atoms with Gasteiger partial charge < -0.3 is 14.7 Å². The lowest BCUT2D eigenvalue weighted by atomic mass is 10.2. The van der Waals surface area contributed by atoms with Crippen LogP contribution in [0.1, 0.15) is 19.3 Å². The summed E-state index contributed by atoms with van der Waals surface area (Å²) in [5.41, 5.74) is 0. The molecule has 102 valence electrons. The minimum absolute atomic E-state index is 0.0575. The molecule has 6 nitrogen and oxygen atoms in total. The van der Waals surface area contributed by atoms with Crippen LogP contribution in [0, 0.1) is 0 Å². The number of carboxylic acid groups (broad SMARTS) is 1. The maximum atomic E-state index is 12.1. The van der Waals surface area contributed by atoms with Crippen molar-refractivity contribution < 1.29 is 19.4 Å². The zero-order valence-electron chi connectivity index (χ0n) is 10.5. The first kappa shape index (κ1) is 13.3. The molecule has 2 saturated heterocycles. The molecule has 2 heterocycles. The molecule has 6 heteroatoms. The van der Waals surface area contributed by atoms with Crippen molar-refractivity contribution in [3.8, 4) is 0 Å². The van der Waals surface area contributed by atoms with E-state index in [4.69, 9.17) is 9.84 Å². The molecule has 1 N–H and O–H groups in total. The summed E-state index contributed by atoms with van der Waals surface area (Å²) in [5, 5.41) is 8.76. The van der Waals surface area contributed by atoms with Crippen LogP contribution in [0.25, 0.3) is 0 Å². The Balaban J connectivity index is 1.84. The van der Waals surface area contributed by atoms with Crippen molar-refractivity contribution in [2.75, 3.05) is 39.3 Å². The fraction of sp³-hybridized carbons (Fsp3) is 0.833. The molecule has 2 aliphatic heterocycles. The van der Waals surface area contributed by atoms with Crippen LogP contribution in [0.5, 0.6) is 0 Å². The Morgan fingerprint density at radius 3 is 2.67 bits per heavy atom. The van der Waals surface area contributed by atoms with E-state index in [9.17, 15) is 9.59 Å². The zero-order chi connectivity index (χ0) is 13.0. The number of nitrogens with zero attached hydrogens (tertiary/aromatic N) is 2. The first-order chi connectivity index (χ1) is 8.66. The monoisotopic (exact) mass is 256 g/mol. The van der Waals surface area contributed by atoms with Crippen molar-refractivity contribution in [2.45, 2.75) is 25.4 Å². The normalized spacial score (nSPS) is 26.0. The Hall–Kier alpha value is -1.14. The molecule has 0 bridgehead atoms. The summed E-state index contributed by atoms with van der Waals surface area (Å²) in [6.07, 6.45) is 2.32. The number of carbonyl (C=O) groups excluding carboxylic acids is 1. The lowest BCUT2D eigenvalue weighted by Gasteiger charge is -2.23. The topological polar surface area (TPSA) is 70.1 Å². The first-order valence-electron chi connectivity index (χ1n) is 6.51. The molecule has 0 spiro atoms. The SMILES string of the molecule is O=C(O)CN1CCCN(C(=O)[C@H]2CCCO2)CC1. The highest BCUT2D eigenvalue weighted by Gasteiger charge is 2.29. The molecule has 0 saturated carbocycles. The van der Waals surface area contributed by atoms with Crippen LogP contribution in [0.2, 0.25) is 0 Å². The van der Waals surface area contributed by atoms with Gasteiger partial charge in [0.25, 0.3) is 5.91 Å². The number of hydrogen-bond acceptors (Lipinski definition) is 4. The highest BCUT2D eigenvalue weighted by molar-refractivity contribution is 5.81. The quantitative estimate of drug-likeness (QED) is 0.756. The highest BCUT2D eigenvalue weighted by atomic mass is 16.5. The van der Waals surface area contributed by atoms with Gasteiger partial charge in [0.1, 0.15) is 6.10 Å². The molecule has 0 aromatic heterocycles. The number of ether oxygens (including phenoxy) is 1. The van der Waals surface area contributed by atoms with Gasteiger partial charge in [0.05, 0.1) is 6.54 Å². The van der Waals surface area contributed by atoms with Gasteiger partial charge in [-0.15, -0.1) is 0 Å². The summed E-state index contributed by atoms with van der Waals surface area (Å²) in [6.45, 7) is 3.41. The van der Waals surface area contributed by atoms with E-state index in [1.165, 1.54) is 0 Å². The Kier molecular flexibility index (Phi) is 4.54. The lowest BCUT2D eigenvalue weighted by molar-refractivity contribution is -0.140. The molecule has 18 heavy (non-hydrogen) atoms. The van der Waals surface area contributed by atoms with E-state index >= 15 is 0 Å². The van der Waals surface area contributed by atoms with Gasteiger partial charge in [-0.1, -0.05) is 0 Å². The Morgan fingerprint density at radius 1 is 1.17 bits per heavy atom. The third-order valence-electron chi connectivity index (χ3n) is 3.46. The van der Waals surface area contributed by atoms with Gasteiger partial charge in [-0.3, -0.25) is 14.5 Å². The molecule has 1 atom stereocenters. The number of carbonyl (C=O) groups is 2. The summed E-state index contributed by atoms with van der Waals surface area (Å²) < 4.78 is 5.40. The molecule has 0 radical (unpaired) electrons. The summed E-state index contributed by atoms with van der Waals surface area (Å²) in [5.74, 6) is -0.737. The Morgan fingerprint density at radius 2 is 2.00 bits per heavy atom. The lowest BCUT2D eigenvalue weighted by Crippen LogP contribution is -2.41. The van der Waals surface area contributed by atoms with E-state index in [1.54, 1.807) is 0 Å². The van der Waals surface area contributed by atoms with Crippen molar-refractivity contribution in [2.24, 2.45) is 0 Å². The summed E-state index contributed by atoms with van der Waals surface area (Å²) >= 11 is 0. The fourth-order valence-corrected chi connectivity index (χ4v) is 2.52. The molecule has 0 aliphatic carbocycles. The predicted octanol–water partition coefficient (Wildman–Crippen LogP) is -0.216. The van der Waals surface area contributed by atoms with Crippen LogP contribution in [-0.4, -0.2) is 72.2 Å². The third kappa shape index (κ3) is 3.43. The molecule has 2 aliphatic rings. The van der Waals surface area contributed by atoms with E-state index in [-0.39, 0.29) is 18.6 Å². The summed E-state index contributed by atoms with van der Waals surface area (Å²) in [7, 11) is 0. The van der Waals surface area contributed by atoms with E-state index < -0.39 is 5.97 Å². The second-order valence-corrected chi connectivity index (χ2v) is 4.85. The van der Waals surface area contributed by atoms with E-state index in [0.717, 1.165) is 25.8 Å². The van der Waals surface area contributed by atoms with Gasteiger partial charge in [-0.25, -0.2) is 0 Å². The summed E-state index contributed by atoms with van der Waals surface area (Å²) in [6, 6.07) is 0. The van der Waals surface area contributed by atoms with E-state index in [0.29, 0.717) is 26.2 Å². The van der Waals surface area contributed by atoms with Crippen LogP contribution in [0.3, 0.4) is 0 Å². The maximum absolute atomic E-state index is 12.1. The first-order valence-corrected chi connectivity index (χ1v) is 6.51. The molecule has 2 rings (SSSR count). The maximum Gasteiger partial charge on any atom is 0.317 e. The van der Waals surface area contributed by atoms with Crippen molar-refractivity contribution in [1.29, 1.82) is 0 Å². The average Bonchev–Trinajstić information content (AvgIpc) is 2.76. The van der Waals surface area contributed by atoms with Gasteiger partial charge in [0.15, 0.2) is 0 Å². The molecule has 2 fully saturated rings. The standard InChI is InChI=1S/C12H20N2O4/c15-11(16)9-13-4-2-5-14(7-6-13)12(17)10-3-1-8-18-10/h10H,1-9H2,(H,15,16)/t10-/m1/s1. The second-order valence-electron chi connectivity index (χ2n) is 4.85. The van der Waals surface area contributed by atoms with E-state index in [2.05, 4.69) is 0 Å². The minimum Gasteiger partial charge on any atom is -0.480 e. The number of amides is 1. The Labute approximate surface area is 106 Å². The summed E-state index contributed by atoms with van der Waals surface area (Å²) in [4.78, 5) is 26.5. The number of rotatable bonds is 3. The van der Waals surface area contributed by atoms with Gasteiger partial charge >= 0.3 is 5.97 Å². The van der Waals surface area contributed by atoms with Crippen molar-refractivity contribution in [3.05, 3.63) is 0 Å². The minimum atomic E-state index is -0.811. The molecular weight excluding hydrogens is 236 g/mol. The highest BCUT2D eigenvalue weighted by Crippen LogP contribution is 2.16. The van der Waals surface area contributed by atoms with Gasteiger partial charge in [0, 0.05) is 32.8 Å². The van der Waals surface area contributed by atoms with Crippen molar-refractivity contribution >= 4 is 11.9 Å². The second kappa shape index (κ2) is 6.15. The molecular formula is C12H20N2O4. The van der Waals surface area contributed by atoms with Gasteiger partial charge in [-0.05, 0) is 19.3 Å². The number of carboxylic acids is 1. The van der Waals surface area contributed by atoms with Crippen LogP contribution in [-0.2, 0) is 14.3 Å². The molecule has 0 aromatic carbocycles. The van der Waals surface area contributed by atoms with Crippen LogP contribution in [0.4, 0.5) is 0 Å². The zero-order valence-corrected chi connectivity index (χ0v) is 10.5. The van der Waals surface area contributed by atoms with Gasteiger partial charge in [0.2, 0.25) is 0 Å². The fourth-order valence-electron chi connectivity index (χ4n) is 2.52. The van der Waals surface area contributed by atoms with Crippen molar-refractivity contribution in [1.82, 2.24) is 9.80 Å². The predicted molar refractivity (Wildman–Crippen MR) is 64.2 cm³/mol. The molecule has 0 unspecified atom stereocenters. The average molecular weight is 256 g/mol. The largest absolute Gasteiger partial charge is 0.480 e. The molecule has 0 aromatic rings. The smallest absolute Gasteiger partial charge is 0.317 e. The van der Waals surface area contributed by atoms with E-state index in [1.807, 2.05) is 9.80 Å². The van der Waals surface area contributed by atoms with Crippen LogP contribution in [0.15, 0.2) is 0 Å². The Bertz CT molecular complexity index is 315. The van der Waals surface area contributed by atoms with Crippen molar-refractivity contribution in [3.63, 3.8) is 0 Å². The van der Waals surface area contributed by atoms with Gasteiger partial charge in [-0.2, -0.15) is 0 Å². The third-order valence-corrected chi connectivity index (χ3v) is 3.46. The number of hydrogen-bond donors (Lipinski definition) is 1.